The Labute approximate surface area is 147 Å². The van der Waals surface area contributed by atoms with E-state index in [0.29, 0.717) is 10.7 Å². The number of nitrogens with zero attached hydrogens (tertiary/aromatic N) is 1. The summed E-state index contributed by atoms with van der Waals surface area (Å²) in [5, 5.41) is 15.6. The molecule has 5 heteroatoms. The number of carbonyl (C=O) groups is 1. The molecule has 0 aliphatic rings. The van der Waals surface area contributed by atoms with Gasteiger partial charge in [-0.2, -0.15) is 5.26 Å². The zero-order chi connectivity index (χ0) is 17.7. The van der Waals surface area contributed by atoms with Crippen LogP contribution in [0.4, 0.5) is 11.4 Å². The Balaban J connectivity index is 2.10. The molecule has 2 rings (SSSR count). The first-order valence-electron chi connectivity index (χ1n) is 7.67. The zero-order valence-electron chi connectivity index (χ0n) is 13.9. The van der Waals surface area contributed by atoms with Crippen LogP contribution >= 0.6 is 11.6 Å². The lowest BCUT2D eigenvalue weighted by Crippen LogP contribution is -2.29. The van der Waals surface area contributed by atoms with Crippen molar-refractivity contribution in [3.05, 3.63) is 59.1 Å². The van der Waals surface area contributed by atoms with E-state index in [1.807, 2.05) is 42.5 Å². The topological polar surface area (TPSA) is 64.9 Å². The SMILES string of the molecule is CC(Nc1ccc(NC(=O)C(C)(C)C#N)cc1Cl)c1ccccc1. The van der Waals surface area contributed by atoms with E-state index in [-0.39, 0.29) is 11.9 Å². The fourth-order valence-corrected chi connectivity index (χ4v) is 2.34. The van der Waals surface area contributed by atoms with Gasteiger partial charge >= 0.3 is 0 Å². The first-order chi connectivity index (χ1) is 11.3. The van der Waals surface area contributed by atoms with Crippen molar-refractivity contribution in [2.24, 2.45) is 5.41 Å². The van der Waals surface area contributed by atoms with Crippen molar-refractivity contribution in [1.29, 1.82) is 5.26 Å². The summed E-state index contributed by atoms with van der Waals surface area (Å²) in [7, 11) is 0. The summed E-state index contributed by atoms with van der Waals surface area (Å²) in [5.74, 6) is -0.362. The molecule has 1 amide bonds. The summed E-state index contributed by atoms with van der Waals surface area (Å²) < 4.78 is 0. The minimum absolute atomic E-state index is 0.0988. The van der Waals surface area contributed by atoms with Crippen LogP contribution in [0.3, 0.4) is 0 Å². The van der Waals surface area contributed by atoms with Gasteiger partial charge in [-0.1, -0.05) is 41.9 Å². The highest BCUT2D eigenvalue weighted by Gasteiger charge is 2.27. The molecule has 2 aromatic rings. The van der Waals surface area contributed by atoms with E-state index in [9.17, 15) is 4.79 Å². The van der Waals surface area contributed by atoms with Gasteiger partial charge in [-0.05, 0) is 44.5 Å². The van der Waals surface area contributed by atoms with Gasteiger partial charge in [0.15, 0.2) is 0 Å². The van der Waals surface area contributed by atoms with Crippen molar-refractivity contribution in [2.45, 2.75) is 26.8 Å². The first kappa shape index (κ1) is 17.8. The van der Waals surface area contributed by atoms with Crippen LogP contribution in [0, 0.1) is 16.7 Å². The largest absolute Gasteiger partial charge is 0.377 e. The average molecular weight is 342 g/mol. The molecule has 1 unspecified atom stereocenters. The van der Waals surface area contributed by atoms with E-state index in [4.69, 9.17) is 16.9 Å². The van der Waals surface area contributed by atoms with Crippen LogP contribution in [-0.2, 0) is 4.79 Å². The summed E-state index contributed by atoms with van der Waals surface area (Å²) in [6, 6.07) is 17.4. The van der Waals surface area contributed by atoms with Crippen molar-refractivity contribution >= 4 is 28.9 Å². The molecule has 1 atom stereocenters. The number of halogens is 1. The third-order valence-corrected chi connectivity index (χ3v) is 4.06. The number of benzene rings is 2. The predicted molar refractivity (Wildman–Crippen MR) is 98.0 cm³/mol. The van der Waals surface area contributed by atoms with Crippen LogP contribution in [0.15, 0.2) is 48.5 Å². The molecule has 0 saturated carbocycles. The van der Waals surface area contributed by atoms with Gasteiger partial charge in [0.2, 0.25) is 5.91 Å². The van der Waals surface area contributed by atoms with Crippen molar-refractivity contribution < 1.29 is 4.79 Å². The number of anilines is 2. The van der Waals surface area contributed by atoms with Crippen molar-refractivity contribution in [1.82, 2.24) is 0 Å². The lowest BCUT2D eigenvalue weighted by atomic mass is 9.94. The Hall–Kier alpha value is -2.51. The Kier molecular flexibility index (Phi) is 5.48. The number of nitriles is 1. The van der Waals surface area contributed by atoms with E-state index in [1.165, 1.54) is 0 Å². The van der Waals surface area contributed by atoms with E-state index in [2.05, 4.69) is 17.6 Å². The van der Waals surface area contributed by atoms with Gasteiger partial charge in [-0.3, -0.25) is 4.79 Å². The Morgan fingerprint density at radius 1 is 1.21 bits per heavy atom. The maximum absolute atomic E-state index is 12.0. The van der Waals surface area contributed by atoms with Gasteiger partial charge in [0.1, 0.15) is 5.41 Å². The molecular formula is C19H20ClN3O. The van der Waals surface area contributed by atoms with Gasteiger partial charge in [0, 0.05) is 11.7 Å². The van der Waals surface area contributed by atoms with E-state index < -0.39 is 5.41 Å². The van der Waals surface area contributed by atoms with Crippen molar-refractivity contribution in [2.75, 3.05) is 10.6 Å². The molecule has 0 heterocycles. The van der Waals surface area contributed by atoms with E-state index in [0.717, 1.165) is 11.3 Å². The molecule has 0 radical (unpaired) electrons. The standard InChI is InChI=1S/C19H20ClN3O/c1-13(14-7-5-4-6-8-14)22-17-10-9-15(11-16(17)20)23-18(24)19(2,3)12-21/h4-11,13,22H,1-3H3,(H,23,24). The second kappa shape index (κ2) is 7.37. The zero-order valence-corrected chi connectivity index (χ0v) is 14.7. The molecule has 0 saturated heterocycles. The first-order valence-corrected chi connectivity index (χ1v) is 8.05. The Morgan fingerprint density at radius 2 is 1.88 bits per heavy atom. The fourth-order valence-electron chi connectivity index (χ4n) is 2.11. The molecule has 124 valence electrons. The second-order valence-electron chi connectivity index (χ2n) is 6.16. The van der Waals surface area contributed by atoms with Crippen LogP contribution in [-0.4, -0.2) is 5.91 Å². The molecule has 0 aliphatic carbocycles. The average Bonchev–Trinajstić information content (AvgIpc) is 2.58. The molecule has 4 nitrogen and oxygen atoms in total. The third-order valence-electron chi connectivity index (χ3n) is 3.75. The van der Waals surface area contributed by atoms with Crippen molar-refractivity contribution in [3.8, 4) is 6.07 Å². The highest BCUT2D eigenvalue weighted by molar-refractivity contribution is 6.33. The molecule has 24 heavy (non-hydrogen) atoms. The summed E-state index contributed by atoms with van der Waals surface area (Å²) in [4.78, 5) is 12.0. The Morgan fingerprint density at radius 3 is 2.46 bits per heavy atom. The summed E-state index contributed by atoms with van der Waals surface area (Å²) in [6.45, 7) is 5.19. The van der Waals surface area contributed by atoms with Crippen LogP contribution in [0.2, 0.25) is 5.02 Å². The minimum Gasteiger partial charge on any atom is -0.377 e. The van der Waals surface area contributed by atoms with Crippen LogP contribution in [0.5, 0.6) is 0 Å². The molecule has 0 fully saturated rings. The predicted octanol–water partition coefficient (Wildman–Crippen LogP) is 5.00. The van der Waals surface area contributed by atoms with Crippen molar-refractivity contribution in [3.63, 3.8) is 0 Å². The number of rotatable bonds is 5. The summed E-state index contributed by atoms with van der Waals surface area (Å²) in [6.07, 6.45) is 0. The molecule has 0 aliphatic heterocycles. The smallest absolute Gasteiger partial charge is 0.244 e. The Bertz CT molecular complexity index is 766. The fraction of sp³-hybridized carbons (Fsp3) is 0.263. The monoisotopic (exact) mass is 341 g/mol. The highest BCUT2D eigenvalue weighted by Crippen LogP contribution is 2.29. The normalized spacial score (nSPS) is 12.1. The van der Waals surface area contributed by atoms with Gasteiger partial charge < -0.3 is 10.6 Å². The summed E-state index contributed by atoms with van der Waals surface area (Å²) in [5.41, 5.74) is 1.41. The lowest BCUT2D eigenvalue weighted by molar-refractivity contribution is -0.121. The lowest BCUT2D eigenvalue weighted by Gasteiger charge is -2.18. The number of amides is 1. The number of carbonyl (C=O) groups excluding carboxylic acids is 1. The molecule has 2 aromatic carbocycles. The molecular weight excluding hydrogens is 322 g/mol. The number of hydrogen-bond donors (Lipinski definition) is 2. The van der Waals surface area contributed by atoms with Gasteiger partial charge in [-0.15, -0.1) is 0 Å². The molecule has 2 N–H and O–H groups in total. The van der Waals surface area contributed by atoms with E-state index >= 15 is 0 Å². The second-order valence-corrected chi connectivity index (χ2v) is 6.57. The molecule has 0 aromatic heterocycles. The molecule has 0 bridgehead atoms. The van der Waals surface area contributed by atoms with Gasteiger partial charge in [0.05, 0.1) is 16.8 Å². The summed E-state index contributed by atoms with van der Waals surface area (Å²) >= 11 is 6.31. The maximum atomic E-state index is 12.0. The third kappa shape index (κ3) is 4.27. The van der Waals surface area contributed by atoms with Gasteiger partial charge in [-0.25, -0.2) is 0 Å². The van der Waals surface area contributed by atoms with E-state index in [1.54, 1.807) is 26.0 Å². The number of hydrogen-bond acceptors (Lipinski definition) is 3. The van der Waals surface area contributed by atoms with Gasteiger partial charge in [0.25, 0.3) is 0 Å². The highest BCUT2D eigenvalue weighted by atomic mass is 35.5. The van der Waals surface area contributed by atoms with Crippen LogP contribution in [0.1, 0.15) is 32.4 Å². The minimum atomic E-state index is -1.09. The van der Waals surface area contributed by atoms with Crippen LogP contribution in [0.25, 0.3) is 0 Å². The quantitative estimate of drug-likeness (QED) is 0.804. The maximum Gasteiger partial charge on any atom is 0.244 e. The molecule has 0 spiro atoms. The number of nitrogens with one attached hydrogen (secondary N) is 2. The van der Waals surface area contributed by atoms with Crippen LogP contribution < -0.4 is 10.6 Å².